The van der Waals surface area contributed by atoms with Crippen LogP contribution < -0.4 is 0 Å². The van der Waals surface area contributed by atoms with Gasteiger partial charge in [-0.1, -0.05) is 12.2 Å². The Kier molecular flexibility index (Phi) is 8.45. The van der Waals surface area contributed by atoms with Gasteiger partial charge in [-0.15, -0.1) is 13.2 Å². The van der Waals surface area contributed by atoms with Crippen molar-refractivity contribution in [2.24, 2.45) is 5.41 Å². The summed E-state index contributed by atoms with van der Waals surface area (Å²) < 4.78 is 12.2. The fourth-order valence-electron chi connectivity index (χ4n) is 6.25. The molecule has 0 N–H and O–H groups in total. The van der Waals surface area contributed by atoms with Crippen LogP contribution in [0.1, 0.15) is 93.9 Å². The minimum atomic E-state index is -1.47. The van der Waals surface area contributed by atoms with Gasteiger partial charge in [-0.2, -0.15) is 0 Å². The molecule has 0 radical (unpaired) electrons. The lowest BCUT2D eigenvalue weighted by atomic mass is 9.77. The van der Waals surface area contributed by atoms with Gasteiger partial charge < -0.3 is 9.47 Å². The molecule has 0 amide bonds. The number of hydrogen-bond acceptors (Lipinski definition) is 6. The Balaban J connectivity index is 2.31. The molecule has 0 aromatic carbocycles. The van der Waals surface area contributed by atoms with E-state index in [-0.39, 0.29) is 47.2 Å². The van der Waals surface area contributed by atoms with Crippen molar-refractivity contribution in [1.29, 1.82) is 0 Å². The summed E-state index contributed by atoms with van der Waals surface area (Å²) in [7, 11) is 4.22. The van der Waals surface area contributed by atoms with Crippen LogP contribution in [0.3, 0.4) is 0 Å². The van der Waals surface area contributed by atoms with Crippen molar-refractivity contribution in [2.45, 2.75) is 128 Å². The van der Waals surface area contributed by atoms with Crippen LogP contribution in [-0.2, 0) is 19.1 Å². The van der Waals surface area contributed by atoms with Gasteiger partial charge in [0.1, 0.15) is 12.2 Å². The third-order valence-corrected chi connectivity index (χ3v) is 8.86. The second-order valence-corrected chi connectivity index (χ2v) is 13.3. The van der Waals surface area contributed by atoms with E-state index in [1.54, 1.807) is 12.2 Å². The highest BCUT2D eigenvalue weighted by molar-refractivity contribution is 6.00. The summed E-state index contributed by atoms with van der Waals surface area (Å²) in [6.07, 6.45) is 5.73. The molecule has 2 saturated heterocycles. The van der Waals surface area contributed by atoms with Crippen molar-refractivity contribution in [1.82, 2.24) is 9.80 Å². The van der Waals surface area contributed by atoms with E-state index in [0.717, 1.165) is 0 Å². The number of carbonyl (C=O) groups excluding carboxylic acids is 2. The minimum absolute atomic E-state index is 0.141. The van der Waals surface area contributed by atoms with E-state index in [9.17, 15) is 9.59 Å². The van der Waals surface area contributed by atoms with Gasteiger partial charge >= 0.3 is 11.9 Å². The average molecular weight is 491 g/mol. The van der Waals surface area contributed by atoms with E-state index < -0.39 is 17.4 Å². The van der Waals surface area contributed by atoms with Crippen LogP contribution in [0.4, 0.5) is 0 Å². The SMILES string of the molecule is C=CCC(CC=C)(C(=O)OC1CC(C)(C)N(C)C(C)(C)C1)C(=O)OC1CC(C)(C)N(C)C(C)(C)C1. The van der Waals surface area contributed by atoms with Crippen molar-refractivity contribution in [2.75, 3.05) is 14.1 Å². The molecule has 0 spiro atoms. The maximum Gasteiger partial charge on any atom is 0.324 e. The highest BCUT2D eigenvalue weighted by atomic mass is 16.6. The molecule has 2 fully saturated rings. The third-order valence-electron chi connectivity index (χ3n) is 8.86. The summed E-state index contributed by atoms with van der Waals surface area (Å²) in [5.74, 6) is -1.06. The Labute approximate surface area is 214 Å². The maximum absolute atomic E-state index is 13.8. The molecule has 0 unspecified atom stereocenters. The molecule has 0 saturated carbocycles. The predicted octanol–water partition coefficient (Wildman–Crippen LogP) is 5.51. The topological polar surface area (TPSA) is 59.1 Å². The summed E-state index contributed by atoms with van der Waals surface area (Å²) in [6.45, 7) is 25.0. The molecular formula is C29H50N2O4. The van der Waals surface area contributed by atoms with Crippen molar-refractivity contribution < 1.29 is 19.1 Å². The number of likely N-dealkylation sites (tertiary alicyclic amines) is 2. The first kappa shape index (κ1) is 29.6. The third kappa shape index (κ3) is 6.02. The zero-order valence-electron chi connectivity index (χ0n) is 24.0. The molecule has 2 heterocycles. The molecule has 0 aromatic rings. The molecule has 0 aliphatic carbocycles. The lowest BCUT2D eigenvalue weighted by molar-refractivity contribution is -0.187. The van der Waals surface area contributed by atoms with Crippen LogP contribution in [-0.4, -0.2) is 70.2 Å². The van der Waals surface area contributed by atoms with Crippen molar-refractivity contribution in [3.63, 3.8) is 0 Å². The number of ether oxygens (including phenoxy) is 2. The highest BCUT2D eigenvalue weighted by Crippen LogP contribution is 2.42. The van der Waals surface area contributed by atoms with Crippen LogP contribution >= 0.6 is 0 Å². The fourth-order valence-corrected chi connectivity index (χ4v) is 6.25. The molecule has 35 heavy (non-hydrogen) atoms. The Morgan fingerprint density at radius 3 is 1.20 bits per heavy atom. The molecule has 0 bridgehead atoms. The van der Waals surface area contributed by atoms with Crippen LogP contribution in [0, 0.1) is 5.41 Å². The van der Waals surface area contributed by atoms with Gasteiger partial charge in [-0.25, -0.2) is 0 Å². The second-order valence-electron chi connectivity index (χ2n) is 13.3. The summed E-state index contributed by atoms with van der Waals surface area (Å²) >= 11 is 0. The van der Waals surface area contributed by atoms with Gasteiger partial charge in [0.05, 0.1) is 0 Å². The number of allylic oxidation sites excluding steroid dienone is 2. The number of piperidine rings is 2. The first-order valence-electron chi connectivity index (χ1n) is 13.0. The molecule has 6 nitrogen and oxygen atoms in total. The van der Waals surface area contributed by atoms with Gasteiger partial charge in [0, 0.05) is 47.8 Å². The van der Waals surface area contributed by atoms with E-state index in [4.69, 9.17) is 9.47 Å². The number of rotatable bonds is 8. The first-order chi connectivity index (χ1) is 15.8. The van der Waals surface area contributed by atoms with Crippen molar-refractivity contribution in [3.05, 3.63) is 25.3 Å². The zero-order chi connectivity index (χ0) is 27.0. The van der Waals surface area contributed by atoms with E-state index in [1.165, 1.54) is 0 Å². The fraction of sp³-hybridized carbons (Fsp3) is 0.793. The summed E-state index contributed by atoms with van der Waals surface area (Å²) in [4.78, 5) is 32.2. The Morgan fingerprint density at radius 1 is 0.714 bits per heavy atom. The first-order valence-corrected chi connectivity index (χ1v) is 13.0. The van der Waals surface area contributed by atoms with E-state index >= 15 is 0 Å². The smallest absolute Gasteiger partial charge is 0.324 e. The largest absolute Gasteiger partial charge is 0.461 e. The van der Waals surface area contributed by atoms with Gasteiger partial charge in [0.2, 0.25) is 0 Å². The molecule has 2 rings (SSSR count). The number of nitrogens with zero attached hydrogens (tertiary/aromatic N) is 2. The Morgan fingerprint density at radius 2 is 0.971 bits per heavy atom. The van der Waals surface area contributed by atoms with E-state index in [2.05, 4.69) is 92.4 Å². The summed E-state index contributed by atoms with van der Waals surface area (Å²) in [6, 6.07) is 0. The second kappa shape index (κ2) is 10.0. The standard InChI is InChI=1S/C29H50N2O4/c1-13-15-29(16-14-2,23(32)34-21-17-25(3,4)30(11)26(5,6)18-21)24(33)35-22-19-27(7,8)31(12)28(9,10)20-22/h13-14,21-22H,1-2,15-20H2,3-12H3. The summed E-state index contributed by atoms with van der Waals surface area (Å²) in [5, 5.41) is 0. The van der Waals surface area contributed by atoms with Crippen LogP contribution in [0.25, 0.3) is 0 Å². The highest BCUT2D eigenvalue weighted by Gasteiger charge is 2.52. The molecule has 0 aromatic heterocycles. The average Bonchev–Trinajstić information content (AvgIpc) is 2.68. The van der Waals surface area contributed by atoms with Crippen molar-refractivity contribution in [3.8, 4) is 0 Å². The van der Waals surface area contributed by atoms with Crippen molar-refractivity contribution >= 4 is 11.9 Å². The monoisotopic (exact) mass is 490 g/mol. The zero-order valence-corrected chi connectivity index (χ0v) is 24.0. The molecule has 0 atom stereocenters. The number of hydrogen-bond donors (Lipinski definition) is 0. The lowest BCUT2D eigenvalue weighted by Crippen LogP contribution is -2.61. The normalized spacial score (nSPS) is 25.0. The van der Waals surface area contributed by atoms with E-state index in [1.807, 2.05) is 0 Å². The van der Waals surface area contributed by atoms with Crippen LogP contribution in [0.5, 0.6) is 0 Å². The van der Waals surface area contributed by atoms with E-state index in [0.29, 0.717) is 25.7 Å². The maximum atomic E-state index is 13.8. The number of carbonyl (C=O) groups is 2. The van der Waals surface area contributed by atoms with Gasteiger partial charge in [0.25, 0.3) is 0 Å². The van der Waals surface area contributed by atoms with Gasteiger partial charge in [-0.3, -0.25) is 19.4 Å². The van der Waals surface area contributed by atoms with Crippen LogP contribution in [0.2, 0.25) is 0 Å². The quantitative estimate of drug-likeness (QED) is 0.254. The Bertz CT molecular complexity index is 723. The van der Waals surface area contributed by atoms with Gasteiger partial charge in [-0.05, 0) is 82.3 Å². The molecule has 2 aliphatic rings. The molecule has 2 aliphatic heterocycles. The minimum Gasteiger partial charge on any atom is -0.461 e. The number of esters is 2. The Hall–Kier alpha value is -1.66. The molecule has 200 valence electrons. The van der Waals surface area contributed by atoms with Crippen LogP contribution in [0.15, 0.2) is 25.3 Å². The van der Waals surface area contributed by atoms with Gasteiger partial charge in [0.15, 0.2) is 5.41 Å². The lowest BCUT2D eigenvalue weighted by Gasteiger charge is -2.53. The molecule has 6 heteroatoms. The predicted molar refractivity (Wildman–Crippen MR) is 142 cm³/mol. The molecular weight excluding hydrogens is 440 g/mol. The summed E-state index contributed by atoms with van der Waals surface area (Å²) in [5.41, 5.74) is -2.04.